The zero-order valence-corrected chi connectivity index (χ0v) is 13.3. The molecule has 0 radical (unpaired) electrons. The molecule has 0 saturated carbocycles. The van der Waals surface area contributed by atoms with Crippen LogP contribution in [-0.4, -0.2) is 7.11 Å². The zero-order chi connectivity index (χ0) is 15.4. The Hall–Kier alpha value is -2.28. The highest BCUT2D eigenvalue weighted by Gasteiger charge is 2.20. The molecular formula is C21H22O. The molecular weight excluding hydrogens is 268 g/mol. The molecule has 112 valence electrons. The van der Waals surface area contributed by atoms with Gasteiger partial charge >= 0.3 is 0 Å². The summed E-state index contributed by atoms with van der Waals surface area (Å²) < 4.78 is 5.67. The minimum Gasteiger partial charge on any atom is -0.496 e. The Labute approximate surface area is 133 Å². The quantitative estimate of drug-likeness (QED) is 0.688. The lowest BCUT2D eigenvalue weighted by atomic mass is 9.86. The van der Waals surface area contributed by atoms with Crippen LogP contribution < -0.4 is 4.74 Å². The lowest BCUT2D eigenvalue weighted by molar-refractivity contribution is 0.407. The van der Waals surface area contributed by atoms with E-state index in [1.807, 2.05) is 0 Å². The molecule has 1 heteroatoms. The molecule has 0 N–H and O–H groups in total. The van der Waals surface area contributed by atoms with Crippen LogP contribution in [0.15, 0.2) is 60.7 Å². The molecule has 1 nitrogen and oxygen atoms in total. The van der Waals surface area contributed by atoms with Crippen molar-refractivity contribution in [2.24, 2.45) is 0 Å². The maximum absolute atomic E-state index is 5.67. The average molecular weight is 290 g/mol. The Kier molecular flexibility index (Phi) is 4.43. The molecule has 0 spiro atoms. The smallest absolute Gasteiger partial charge is 0.123 e. The van der Waals surface area contributed by atoms with Crippen LogP contribution >= 0.6 is 0 Å². The van der Waals surface area contributed by atoms with Crippen molar-refractivity contribution in [3.63, 3.8) is 0 Å². The first-order valence-electron chi connectivity index (χ1n) is 7.96. The highest BCUT2D eigenvalue weighted by atomic mass is 16.5. The number of ether oxygens (including phenoxy) is 1. The van der Waals surface area contributed by atoms with E-state index in [2.05, 4.69) is 73.7 Å². The van der Waals surface area contributed by atoms with Crippen LogP contribution in [0, 0.1) is 0 Å². The SMILES string of the molecule is CCCC1C=CC=Cc2c(-c3ccccc3)ccc(OC)c21. The number of methoxy groups -OCH3 is 1. The fraction of sp³-hybridized carbons (Fsp3) is 0.238. The second-order valence-electron chi connectivity index (χ2n) is 5.65. The van der Waals surface area contributed by atoms with Crippen LogP contribution in [0.2, 0.25) is 0 Å². The summed E-state index contributed by atoms with van der Waals surface area (Å²) in [5, 5.41) is 0. The Balaban J connectivity index is 2.22. The molecule has 2 aromatic rings. The lowest BCUT2D eigenvalue weighted by Crippen LogP contribution is -2.02. The number of benzene rings is 2. The van der Waals surface area contributed by atoms with Crippen LogP contribution in [0.4, 0.5) is 0 Å². The van der Waals surface area contributed by atoms with Crippen molar-refractivity contribution in [1.82, 2.24) is 0 Å². The summed E-state index contributed by atoms with van der Waals surface area (Å²) in [5.41, 5.74) is 5.13. The topological polar surface area (TPSA) is 9.23 Å². The normalized spacial score (nSPS) is 16.2. The van der Waals surface area contributed by atoms with E-state index in [0.717, 1.165) is 18.6 Å². The van der Waals surface area contributed by atoms with Gasteiger partial charge in [0.25, 0.3) is 0 Å². The highest BCUT2D eigenvalue weighted by Crippen LogP contribution is 2.41. The first-order chi connectivity index (χ1) is 10.8. The first-order valence-corrected chi connectivity index (χ1v) is 7.96. The average Bonchev–Trinajstić information content (AvgIpc) is 2.78. The summed E-state index contributed by atoms with van der Waals surface area (Å²) in [6, 6.07) is 14.9. The second kappa shape index (κ2) is 6.65. The van der Waals surface area contributed by atoms with Gasteiger partial charge in [-0.1, -0.05) is 74.0 Å². The van der Waals surface area contributed by atoms with Crippen molar-refractivity contribution >= 4 is 6.08 Å². The van der Waals surface area contributed by atoms with Gasteiger partial charge in [-0.05, 0) is 29.2 Å². The monoisotopic (exact) mass is 290 g/mol. The lowest BCUT2D eigenvalue weighted by Gasteiger charge is -2.21. The molecule has 2 aromatic carbocycles. The standard InChI is InChI=1S/C21H22O/c1-3-9-17-12-7-8-13-19-18(16-10-5-4-6-11-16)14-15-20(22-2)21(17)19/h4-8,10-15,17H,3,9H2,1-2H3. The number of hydrogen-bond donors (Lipinski definition) is 0. The van der Waals surface area contributed by atoms with Gasteiger partial charge in [-0.25, -0.2) is 0 Å². The van der Waals surface area contributed by atoms with Crippen LogP contribution in [0.1, 0.15) is 36.8 Å². The third-order valence-electron chi connectivity index (χ3n) is 4.24. The van der Waals surface area contributed by atoms with Gasteiger partial charge in [0.2, 0.25) is 0 Å². The minimum absolute atomic E-state index is 0.411. The summed E-state index contributed by atoms with van der Waals surface area (Å²) in [4.78, 5) is 0. The summed E-state index contributed by atoms with van der Waals surface area (Å²) in [6.45, 7) is 2.24. The van der Waals surface area contributed by atoms with E-state index in [1.54, 1.807) is 7.11 Å². The van der Waals surface area contributed by atoms with E-state index >= 15 is 0 Å². The maximum Gasteiger partial charge on any atom is 0.123 e. The zero-order valence-electron chi connectivity index (χ0n) is 13.3. The number of fused-ring (bicyclic) bond motifs is 1. The van der Waals surface area contributed by atoms with Gasteiger partial charge in [-0.2, -0.15) is 0 Å². The predicted molar refractivity (Wildman–Crippen MR) is 94.3 cm³/mol. The van der Waals surface area contributed by atoms with Crippen LogP contribution in [0.5, 0.6) is 5.75 Å². The van der Waals surface area contributed by atoms with Gasteiger partial charge < -0.3 is 4.74 Å². The summed E-state index contributed by atoms with van der Waals surface area (Å²) in [6.07, 6.45) is 11.1. The summed E-state index contributed by atoms with van der Waals surface area (Å²) in [5.74, 6) is 1.40. The van der Waals surface area contributed by atoms with Gasteiger partial charge in [-0.15, -0.1) is 0 Å². The largest absolute Gasteiger partial charge is 0.496 e. The molecule has 0 aromatic heterocycles. The van der Waals surface area contributed by atoms with E-state index in [9.17, 15) is 0 Å². The van der Waals surface area contributed by atoms with Crippen molar-refractivity contribution in [2.45, 2.75) is 25.7 Å². The highest BCUT2D eigenvalue weighted by molar-refractivity contribution is 5.80. The number of hydrogen-bond acceptors (Lipinski definition) is 1. The fourth-order valence-electron chi connectivity index (χ4n) is 3.22. The van der Waals surface area contributed by atoms with E-state index < -0.39 is 0 Å². The van der Waals surface area contributed by atoms with Crippen molar-refractivity contribution in [2.75, 3.05) is 7.11 Å². The molecule has 1 atom stereocenters. The molecule has 1 unspecified atom stereocenters. The number of rotatable bonds is 4. The molecule has 22 heavy (non-hydrogen) atoms. The molecule has 0 saturated heterocycles. The van der Waals surface area contributed by atoms with E-state index in [4.69, 9.17) is 4.74 Å². The predicted octanol–water partition coefficient (Wildman–Crippen LogP) is 5.83. The molecule has 0 amide bonds. The molecule has 1 aliphatic carbocycles. The van der Waals surface area contributed by atoms with Crippen molar-refractivity contribution in [3.8, 4) is 16.9 Å². The maximum atomic E-state index is 5.67. The van der Waals surface area contributed by atoms with Crippen molar-refractivity contribution in [3.05, 3.63) is 71.8 Å². The minimum atomic E-state index is 0.411. The van der Waals surface area contributed by atoms with Crippen LogP contribution in [0.3, 0.4) is 0 Å². The third kappa shape index (κ3) is 2.71. The molecule has 0 fully saturated rings. The van der Waals surface area contributed by atoms with E-state index in [-0.39, 0.29) is 0 Å². The number of allylic oxidation sites excluding steroid dienone is 3. The van der Waals surface area contributed by atoms with Gasteiger partial charge in [-0.3, -0.25) is 0 Å². The summed E-state index contributed by atoms with van der Waals surface area (Å²) in [7, 11) is 1.76. The molecule has 0 bridgehead atoms. The van der Waals surface area contributed by atoms with Gasteiger partial charge in [0, 0.05) is 11.5 Å². The van der Waals surface area contributed by atoms with Crippen LogP contribution in [0.25, 0.3) is 17.2 Å². The van der Waals surface area contributed by atoms with E-state index in [1.165, 1.54) is 22.3 Å². The first kappa shape index (κ1) is 14.6. The molecule has 3 rings (SSSR count). The van der Waals surface area contributed by atoms with Gasteiger partial charge in [0.1, 0.15) is 5.75 Å². The molecule has 0 heterocycles. The van der Waals surface area contributed by atoms with Crippen molar-refractivity contribution in [1.29, 1.82) is 0 Å². The Morgan fingerprint density at radius 1 is 1.00 bits per heavy atom. The Bertz CT molecular complexity index is 695. The summed E-state index contributed by atoms with van der Waals surface area (Å²) >= 11 is 0. The van der Waals surface area contributed by atoms with E-state index in [0.29, 0.717) is 5.92 Å². The Morgan fingerprint density at radius 3 is 2.55 bits per heavy atom. The van der Waals surface area contributed by atoms with Crippen molar-refractivity contribution < 1.29 is 4.74 Å². The molecule has 1 aliphatic rings. The van der Waals surface area contributed by atoms with Gasteiger partial charge in [0.15, 0.2) is 0 Å². The molecule has 0 aliphatic heterocycles. The fourth-order valence-corrected chi connectivity index (χ4v) is 3.22. The Morgan fingerprint density at radius 2 is 1.82 bits per heavy atom. The second-order valence-corrected chi connectivity index (χ2v) is 5.65. The van der Waals surface area contributed by atoms with Gasteiger partial charge in [0.05, 0.1) is 7.11 Å². The third-order valence-corrected chi connectivity index (χ3v) is 4.24. The van der Waals surface area contributed by atoms with Crippen LogP contribution in [-0.2, 0) is 0 Å².